The van der Waals surface area contributed by atoms with E-state index in [2.05, 4.69) is 5.32 Å². The molecule has 0 bridgehead atoms. The Kier molecular flexibility index (Phi) is 3.33. The Morgan fingerprint density at radius 2 is 1.81 bits per heavy atom. The van der Waals surface area contributed by atoms with Crippen molar-refractivity contribution in [2.75, 3.05) is 0 Å². The van der Waals surface area contributed by atoms with Gasteiger partial charge in [0.25, 0.3) is 5.91 Å². The van der Waals surface area contributed by atoms with Crippen molar-refractivity contribution in [3.8, 4) is 0 Å². The van der Waals surface area contributed by atoms with Gasteiger partial charge in [0.15, 0.2) is 0 Å². The molecule has 0 aromatic heterocycles. The summed E-state index contributed by atoms with van der Waals surface area (Å²) in [5.41, 5.74) is 0.291. The third-order valence-corrected chi connectivity index (χ3v) is 3.76. The highest BCUT2D eigenvalue weighted by molar-refractivity contribution is 6.08. The van der Waals surface area contributed by atoms with Crippen molar-refractivity contribution in [3.05, 3.63) is 47.8 Å². The number of benzene rings is 2. The maximum Gasteiger partial charge on any atom is 0.326 e. The van der Waals surface area contributed by atoms with Crippen molar-refractivity contribution in [2.45, 2.75) is 18.9 Å². The molecular weight excluding hydrogens is 273 g/mol. The van der Waals surface area contributed by atoms with Crippen LogP contribution in [0.15, 0.2) is 36.4 Å². The van der Waals surface area contributed by atoms with Crippen LogP contribution in [0.2, 0.25) is 0 Å². The normalized spacial score (nSPS) is 15.7. The summed E-state index contributed by atoms with van der Waals surface area (Å²) in [5, 5.41) is 12.5. The van der Waals surface area contributed by atoms with Crippen LogP contribution < -0.4 is 5.32 Å². The van der Waals surface area contributed by atoms with Crippen LogP contribution in [-0.4, -0.2) is 23.0 Å². The Bertz CT molecular complexity index is 725. The quantitative estimate of drug-likeness (QED) is 0.908. The van der Waals surface area contributed by atoms with Gasteiger partial charge in [0.2, 0.25) is 0 Å². The van der Waals surface area contributed by atoms with Crippen LogP contribution in [-0.2, 0) is 4.79 Å². The van der Waals surface area contributed by atoms with Crippen LogP contribution in [0.25, 0.3) is 10.8 Å². The van der Waals surface area contributed by atoms with Crippen LogP contribution in [0.1, 0.15) is 23.2 Å². The first kappa shape index (κ1) is 13.5. The molecule has 1 amide bonds. The highest BCUT2D eigenvalue weighted by Crippen LogP contribution is 2.33. The third kappa shape index (κ3) is 2.59. The monoisotopic (exact) mass is 287 g/mol. The molecule has 108 valence electrons. The molecule has 21 heavy (non-hydrogen) atoms. The fourth-order valence-corrected chi connectivity index (χ4v) is 2.49. The summed E-state index contributed by atoms with van der Waals surface area (Å²) in [4.78, 5) is 23.5. The summed E-state index contributed by atoms with van der Waals surface area (Å²) < 4.78 is 13.7. The van der Waals surface area contributed by atoms with E-state index in [1.807, 2.05) is 0 Å². The summed E-state index contributed by atoms with van der Waals surface area (Å²) in [7, 11) is 0. The first-order chi connectivity index (χ1) is 10.1. The molecule has 1 fully saturated rings. The first-order valence-electron chi connectivity index (χ1n) is 6.79. The van der Waals surface area contributed by atoms with Crippen molar-refractivity contribution >= 4 is 22.6 Å². The molecule has 0 spiro atoms. The minimum Gasteiger partial charge on any atom is -0.480 e. The van der Waals surface area contributed by atoms with E-state index in [0.29, 0.717) is 16.3 Å². The number of halogens is 1. The van der Waals surface area contributed by atoms with Gasteiger partial charge in [-0.25, -0.2) is 9.18 Å². The van der Waals surface area contributed by atoms with Gasteiger partial charge in [0.05, 0.1) is 0 Å². The number of aliphatic carboxylic acids is 1. The van der Waals surface area contributed by atoms with Gasteiger partial charge in [0.1, 0.15) is 11.9 Å². The van der Waals surface area contributed by atoms with Crippen molar-refractivity contribution in [1.82, 2.24) is 5.32 Å². The molecule has 4 nitrogen and oxygen atoms in total. The largest absolute Gasteiger partial charge is 0.480 e. The zero-order chi connectivity index (χ0) is 15.0. The summed E-state index contributed by atoms with van der Waals surface area (Å²) in [5.74, 6) is -1.92. The van der Waals surface area contributed by atoms with Crippen LogP contribution in [0, 0.1) is 11.7 Å². The zero-order valence-electron chi connectivity index (χ0n) is 11.2. The average molecular weight is 287 g/mol. The fourth-order valence-electron chi connectivity index (χ4n) is 2.49. The predicted molar refractivity (Wildman–Crippen MR) is 75.5 cm³/mol. The van der Waals surface area contributed by atoms with E-state index in [-0.39, 0.29) is 5.92 Å². The molecule has 2 aromatic carbocycles. The molecule has 0 radical (unpaired) electrons. The molecule has 2 aromatic rings. The number of hydrogen-bond donors (Lipinski definition) is 2. The highest BCUT2D eigenvalue weighted by atomic mass is 19.1. The Morgan fingerprint density at radius 3 is 2.43 bits per heavy atom. The molecule has 3 rings (SSSR count). The molecule has 1 saturated carbocycles. The molecule has 5 heteroatoms. The Hall–Kier alpha value is -2.43. The summed E-state index contributed by atoms with van der Waals surface area (Å²) in [6, 6.07) is 8.40. The van der Waals surface area contributed by atoms with Gasteiger partial charge in [-0.2, -0.15) is 0 Å². The van der Waals surface area contributed by atoms with Gasteiger partial charge in [-0.15, -0.1) is 0 Å². The second-order valence-corrected chi connectivity index (χ2v) is 5.27. The molecule has 0 saturated heterocycles. The molecule has 2 N–H and O–H groups in total. The lowest BCUT2D eigenvalue weighted by Gasteiger charge is -2.14. The van der Waals surface area contributed by atoms with E-state index >= 15 is 0 Å². The lowest BCUT2D eigenvalue weighted by Crippen LogP contribution is -2.42. The second-order valence-electron chi connectivity index (χ2n) is 5.27. The number of rotatable bonds is 4. The smallest absolute Gasteiger partial charge is 0.326 e. The van der Waals surface area contributed by atoms with Gasteiger partial charge in [-0.3, -0.25) is 4.79 Å². The van der Waals surface area contributed by atoms with E-state index in [9.17, 15) is 14.0 Å². The van der Waals surface area contributed by atoms with Gasteiger partial charge in [-0.05, 0) is 36.3 Å². The number of carboxylic acids is 1. The van der Waals surface area contributed by atoms with E-state index in [1.54, 1.807) is 24.3 Å². The van der Waals surface area contributed by atoms with Gasteiger partial charge >= 0.3 is 5.97 Å². The predicted octanol–water partition coefficient (Wildman–Crippen LogP) is 2.57. The molecule has 1 unspecified atom stereocenters. The minimum atomic E-state index is -1.03. The molecule has 1 aliphatic rings. The molecule has 0 heterocycles. The topological polar surface area (TPSA) is 66.4 Å². The molecule has 0 aliphatic heterocycles. The number of carboxylic acid groups (broad SMARTS) is 1. The second kappa shape index (κ2) is 5.16. The van der Waals surface area contributed by atoms with Gasteiger partial charge in [0, 0.05) is 10.9 Å². The van der Waals surface area contributed by atoms with Crippen molar-refractivity contribution in [2.24, 2.45) is 5.92 Å². The molecular formula is C16H14FNO3. The van der Waals surface area contributed by atoms with E-state index < -0.39 is 23.7 Å². The Labute approximate surface area is 120 Å². The van der Waals surface area contributed by atoms with Crippen molar-refractivity contribution in [1.29, 1.82) is 0 Å². The van der Waals surface area contributed by atoms with Crippen LogP contribution in [0.4, 0.5) is 4.39 Å². The lowest BCUT2D eigenvalue weighted by molar-refractivity contribution is -0.139. The van der Waals surface area contributed by atoms with Crippen LogP contribution in [0.5, 0.6) is 0 Å². The van der Waals surface area contributed by atoms with E-state index in [1.165, 1.54) is 12.1 Å². The summed E-state index contributed by atoms with van der Waals surface area (Å²) >= 11 is 0. The minimum absolute atomic E-state index is 0.00170. The standard InChI is InChI=1S/C16H14FNO3/c17-13-8-7-12(10-3-1-2-4-11(10)13)15(19)18-14(16(20)21)9-5-6-9/h1-4,7-9,14H,5-6H2,(H,18,19)(H,20,21). The number of amides is 1. The lowest BCUT2D eigenvalue weighted by atomic mass is 10.0. The zero-order valence-corrected chi connectivity index (χ0v) is 11.2. The number of carbonyl (C=O) groups is 2. The van der Waals surface area contributed by atoms with Crippen LogP contribution in [0.3, 0.4) is 0 Å². The maximum atomic E-state index is 13.7. The Balaban J connectivity index is 1.94. The van der Waals surface area contributed by atoms with Crippen molar-refractivity contribution in [3.63, 3.8) is 0 Å². The number of carbonyl (C=O) groups excluding carboxylic acids is 1. The molecule has 1 aliphatic carbocycles. The summed E-state index contributed by atoms with van der Waals surface area (Å²) in [6.45, 7) is 0. The van der Waals surface area contributed by atoms with E-state index in [4.69, 9.17) is 5.11 Å². The third-order valence-electron chi connectivity index (χ3n) is 3.76. The van der Waals surface area contributed by atoms with Gasteiger partial charge in [-0.1, -0.05) is 24.3 Å². The summed E-state index contributed by atoms with van der Waals surface area (Å²) in [6.07, 6.45) is 1.61. The Morgan fingerprint density at radius 1 is 1.14 bits per heavy atom. The van der Waals surface area contributed by atoms with Crippen molar-refractivity contribution < 1.29 is 19.1 Å². The number of hydrogen-bond acceptors (Lipinski definition) is 2. The fraction of sp³-hybridized carbons (Fsp3) is 0.250. The number of fused-ring (bicyclic) bond motifs is 1. The SMILES string of the molecule is O=C(NC(C(=O)O)C1CC1)c1ccc(F)c2ccccc12. The maximum absolute atomic E-state index is 13.7. The first-order valence-corrected chi connectivity index (χ1v) is 6.79. The average Bonchev–Trinajstić information content (AvgIpc) is 3.29. The molecule has 1 atom stereocenters. The number of nitrogens with one attached hydrogen (secondary N) is 1. The van der Waals surface area contributed by atoms with E-state index in [0.717, 1.165) is 12.8 Å². The highest BCUT2D eigenvalue weighted by Gasteiger charge is 2.37. The van der Waals surface area contributed by atoms with Crippen LogP contribution >= 0.6 is 0 Å². The van der Waals surface area contributed by atoms with Gasteiger partial charge < -0.3 is 10.4 Å².